The zero-order valence-electron chi connectivity index (χ0n) is 19.7. The standard InChI is InChI=1S/C27H31FN4O3/c28-21-9-7-20(8-10-21)24-27(13-15-31(16-14-27)26(35)30-22-3-1-2-4-22)25(34)32(24)23-11-5-19(6-12-23)17-29-18-33/h5-12,18,22,24H,1-4,13-17H2,(H,29,33)(H,30,35). The van der Waals surface area contributed by atoms with E-state index in [1.54, 1.807) is 17.0 Å². The van der Waals surface area contributed by atoms with E-state index in [4.69, 9.17) is 0 Å². The number of likely N-dealkylation sites (tertiary alicyclic amines) is 1. The van der Waals surface area contributed by atoms with Crippen LogP contribution in [0.2, 0.25) is 0 Å². The Balaban J connectivity index is 1.35. The van der Waals surface area contributed by atoms with Crippen LogP contribution < -0.4 is 15.5 Å². The van der Waals surface area contributed by atoms with Crippen LogP contribution in [0.5, 0.6) is 0 Å². The number of carbonyl (C=O) groups is 3. The van der Waals surface area contributed by atoms with Crippen LogP contribution in [-0.4, -0.2) is 42.4 Å². The summed E-state index contributed by atoms with van der Waals surface area (Å²) in [5.74, 6) is -0.271. The maximum atomic E-state index is 13.7. The van der Waals surface area contributed by atoms with Gasteiger partial charge in [-0.05, 0) is 61.1 Å². The van der Waals surface area contributed by atoms with E-state index in [2.05, 4.69) is 10.6 Å². The summed E-state index contributed by atoms with van der Waals surface area (Å²) in [4.78, 5) is 40.7. The second-order valence-electron chi connectivity index (χ2n) is 9.87. The average Bonchev–Trinajstić information content (AvgIpc) is 3.40. The Morgan fingerprint density at radius 2 is 1.69 bits per heavy atom. The van der Waals surface area contributed by atoms with Crippen molar-refractivity contribution in [3.8, 4) is 0 Å². The number of carbonyl (C=O) groups excluding carboxylic acids is 3. The van der Waals surface area contributed by atoms with Gasteiger partial charge in [0.2, 0.25) is 12.3 Å². The summed E-state index contributed by atoms with van der Waals surface area (Å²) in [6.07, 6.45) is 6.19. The summed E-state index contributed by atoms with van der Waals surface area (Å²) in [6.45, 7) is 1.46. The number of amides is 4. The van der Waals surface area contributed by atoms with Gasteiger partial charge < -0.3 is 20.4 Å². The first-order valence-electron chi connectivity index (χ1n) is 12.4. The number of piperidine rings is 1. The molecule has 8 heteroatoms. The van der Waals surface area contributed by atoms with Crippen molar-refractivity contribution < 1.29 is 18.8 Å². The lowest BCUT2D eigenvalue weighted by atomic mass is 9.62. The molecule has 2 aromatic rings. The molecule has 0 radical (unpaired) electrons. The van der Waals surface area contributed by atoms with Gasteiger partial charge in [-0.2, -0.15) is 0 Å². The van der Waals surface area contributed by atoms with Gasteiger partial charge in [0, 0.05) is 31.4 Å². The lowest BCUT2D eigenvalue weighted by Crippen LogP contribution is -2.67. The number of hydrogen-bond acceptors (Lipinski definition) is 3. The first-order valence-corrected chi connectivity index (χ1v) is 12.4. The number of nitrogens with one attached hydrogen (secondary N) is 2. The van der Waals surface area contributed by atoms with Crippen LogP contribution in [0.15, 0.2) is 48.5 Å². The Morgan fingerprint density at radius 3 is 2.31 bits per heavy atom. The Hall–Kier alpha value is -3.42. The normalized spacial score (nSPS) is 21.6. The molecule has 2 aliphatic heterocycles. The molecule has 3 aliphatic rings. The molecule has 7 nitrogen and oxygen atoms in total. The van der Waals surface area contributed by atoms with Gasteiger partial charge in [-0.3, -0.25) is 9.59 Å². The molecule has 2 saturated heterocycles. The first-order chi connectivity index (χ1) is 17.0. The van der Waals surface area contributed by atoms with E-state index in [9.17, 15) is 18.8 Å². The van der Waals surface area contributed by atoms with Gasteiger partial charge in [-0.15, -0.1) is 0 Å². The molecule has 1 unspecified atom stereocenters. The van der Waals surface area contributed by atoms with Crippen LogP contribution in [0.3, 0.4) is 0 Å². The van der Waals surface area contributed by atoms with Gasteiger partial charge in [-0.1, -0.05) is 37.1 Å². The molecule has 1 atom stereocenters. The summed E-state index contributed by atoms with van der Waals surface area (Å²) in [6, 6.07) is 13.9. The molecule has 2 aromatic carbocycles. The van der Waals surface area contributed by atoms with E-state index >= 15 is 0 Å². The minimum atomic E-state index is -0.611. The lowest BCUT2D eigenvalue weighted by molar-refractivity contribution is -0.144. The van der Waals surface area contributed by atoms with Gasteiger partial charge in [-0.25, -0.2) is 9.18 Å². The van der Waals surface area contributed by atoms with Crippen molar-refractivity contribution >= 4 is 24.0 Å². The molecule has 5 rings (SSSR count). The summed E-state index contributed by atoms with van der Waals surface area (Å²) < 4.78 is 13.7. The van der Waals surface area contributed by atoms with E-state index in [-0.39, 0.29) is 29.8 Å². The molecule has 2 heterocycles. The van der Waals surface area contributed by atoms with Crippen molar-refractivity contribution in [1.29, 1.82) is 0 Å². The number of anilines is 1. The molecule has 35 heavy (non-hydrogen) atoms. The third-order valence-corrected chi connectivity index (χ3v) is 7.84. The Bertz CT molecular complexity index is 1070. The fraction of sp³-hybridized carbons (Fsp3) is 0.444. The van der Waals surface area contributed by atoms with Crippen molar-refractivity contribution in [2.45, 2.75) is 57.2 Å². The fourth-order valence-electron chi connectivity index (χ4n) is 5.90. The van der Waals surface area contributed by atoms with Gasteiger partial charge in [0.05, 0.1) is 11.5 Å². The van der Waals surface area contributed by atoms with Gasteiger partial charge >= 0.3 is 6.03 Å². The second kappa shape index (κ2) is 9.68. The van der Waals surface area contributed by atoms with Crippen LogP contribution in [-0.2, 0) is 16.1 Å². The van der Waals surface area contributed by atoms with Crippen LogP contribution in [0, 0.1) is 11.2 Å². The predicted octanol–water partition coefficient (Wildman–Crippen LogP) is 3.89. The Labute approximate surface area is 204 Å². The number of hydrogen-bond donors (Lipinski definition) is 2. The van der Waals surface area contributed by atoms with E-state index < -0.39 is 5.41 Å². The number of benzene rings is 2. The third-order valence-electron chi connectivity index (χ3n) is 7.84. The lowest BCUT2D eigenvalue weighted by Gasteiger charge is -2.59. The average molecular weight is 479 g/mol. The van der Waals surface area contributed by atoms with E-state index in [0.29, 0.717) is 38.9 Å². The number of halogens is 1. The SMILES string of the molecule is O=CNCc1ccc(N2C(=O)C3(CCN(C(=O)NC4CCCC4)CC3)C2c2ccc(F)cc2)cc1. The van der Waals surface area contributed by atoms with Crippen molar-refractivity contribution in [2.24, 2.45) is 5.41 Å². The molecule has 0 aromatic heterocycles. The molecule has 1 spiro atoms. The monoisotopic (exact) mass is 478 g/mol. The first kappa shape index (κ1) is 23.3. The predicted molar refractivity (Wildman–Crippen MR) is 130 cm³/mol. The molecule has 4 amide bonds. The molecule has 184 valence electrons. The van der Waals surface area contributed by atoms with Gasteiger partial charge in [0.15, 0.2) is 0 Å². The van der Waals surface area contributed by atoms with Crippen molar-refractivity contribution in [2.75, 3.05) is 18.0 Å². The van der Waals surface area contributed by atoms with Gasteiger partial charge in [0.25, 0.3) is 0 Å². The van der Waals surface area contributed by atoms with E-state index in [1.165, 1.54) is 12.1 Å². The molecule has 3 fully saturated rings. The van der Waals surface area contributed by atoms with Crippen molar-refractivity contribution in [3.05, 3.63) is 65.5 Å². The Kier molecular flexibility index (Phi) is 6.45. The molecule has 0 bridgehead atoms. The summed E-state index contributed by atoms with van der Waals surface area (Å²) in [5, 5.41) is 5.79. The maximum Gasteiger partial charge on any atom is 0.317 e. The Morgan fingerprint density at radius 1 is 1.03 bits per heavy atom. The van der Waals surface area contributed by atoms with Crippen LogP contribution in [0.1, 0.15) is 55.7 Å². The molecule has 1 saturated carbocycles. The van der Waals surface area contributed by atoms with Crippen LogP contribution >= 0.6 is 0 Å². The highest BCUT2D eigenvalue weighted by Gasteiger charge is 2.62. The van der Waals surface area contributed by atoms with E-state index in [0.717, 1.165) is 42.5 Å². The van der Waals surface area contributed by atoms with Crippen LogP contribution in [0.4, 0.5) is 14.9 Å². The number of urea groups is 1. The highest BCUT2D eigenvalue weighted by atomic mass is 19.1. The van der Waals surface area contributed by atoms with Crippen LogP contribution in [0.25, 0.3) is 0 Å². The fourth-order valence-corrected chi connectivity index (χ4v) is 5.90. The maximum absolute atomic E-state index is 13.7. The smallest absolute Gasteiger partial charge is 0.317 e. The molecule has 2 N–H and O–H groups in total. The minimum Gasteiger partial charge on any atom is -0.355 e. The number of rotatable bonds is 6. The summed E-state index contributed by atoms with van der Waals surface area (Å²) >= 11 is 0. The topological polar surface area (TPSA) is 81.8 Å². The quantitative estimate of drug-likeness (QED) is 0.488. The highest BCUT2D eigenvalue weighted by molar-refractivity contribution is 6.06. The number of nitrogens with zero attached hydrogens (tertiary/aromatic N) is 2. The molecule has 1 aliphatic carbocycles. The largest absolute Gasteiger partial charge is 0.355 e. The summed E-state index contributed by atoms with van der Waals surface area (Å²) in [7, 11) is 0. The van der Waals surface area contributed by atoms with Crippen molar-refractivity contribution in [1.82, 2.24) is 15.5 Å². The second-order valence-corrected chi connectivity index (χ2v) is 9.87. The number of β-lactam (4-membered cyclic amide) rings is 1. The van der Waals surface area contributed by atoms with E-state index in [1.807, 2.05) is 29.2 Å². The van der Waals surface area contributed by atoms with Gasteiger partial charge in [0.1, 0.15) is 5.82 Å². The molecular weight excluding hydrogens is 447 g/mol. The third kappa shape index (κ3) is 4.37. The highest BCUT2D eigenvalue weighted by Crippen LogP contribution is 2.57. The zero-order valence-corrected chi connectivity index (χ0v) is 19.7. The summed E-state index contributed by atoms with van der Waals surface area (Å²) in [5.41, 5.74) is 1.98. The molecular formula is C27H31FN4O3. The zero-order chi connectivity index (χ0) is 24.4. The minimum absolute atomic E-state index is 0.0340. The van der Waals surface area contributed by atoms with Crippen molar-refractivity contribution in [3.63, 3.8) is 0 Å².